The molecule has 0 saturated carbocycles. The molecule has 1 unspecified atom stereocenters. The largest absolute Gasteiger partial charge is 0.336 e. The van der Waals surface area contributed by atoms with Crippen molar-refractivity contribution < 1.29 is 4.79 Å². The van der Waals surface area contributed by atoms with E-state index in [-0.39, 0.29) is 5.91 Å². The highest BCUT2D eigenvalue weighted by molar-refractivity contribution is 7.11. The van der Waals surface area contributed by atoms with Gasteiger partial charge in [0.2, 0.25) is 0 Å². The van der Waals surface area contributed by atoms with Crippen LogP contribution in [-0.4, -0.2) is 42.0 Å². The SMILES string of the molecule is CNC1CCCN(C(=O)c2cncs2)C1. The first kappa shape index (κ1) is 10.6. The van der Waals surface area contributed by atoms with Crippen molar-refractivity contribution in [3.63, 3.8) is 0 Å². The van der Waals surface area contributed by atoms with Crippen LogP contribution in [0.2, 0.25) is 0 Å². The molecule has 1 atom stereocenters. The Bertz CT molecular complexity index is 325. The highest BCUT2D eigenvalue weighted by Crippen LogP contribution is 2.15. The van der Waals surface area contributed by atoms with E-state index in [0.717, 1.165) is 30.8 Å². The molecule has 0 aromatic carbocycles. The third-order valence-electron chi connectivity index (χ3n) is 2.76. The number of thiazole rings is 1. The second kappa shape index (κ2) is 4.72. The van der Waals surface area contributed by atoms with Gasteiger partial charge in [-0.3, -0.25) is 9.78 Å². The maximum Gasteiger partial charge on any atom is 0.265 e. The molecule has 1 fully saturated rings. The third kappa shape index (κ3) is 2.35. The summed E-state index contributed by atoms with van der Waals surface area (Å²) in [6, 6.07) is 0.440. The number of amides is 1. The maximum absolute atomic E-state index is 12.0. The quantitative estimate of drug-likeness (QED) is 0.815. The van der Waals surface area contributed by atoms with Crippen molar-refractivity contribution in [2.75, 3.05) is 20.1 Å². The fourth-order valence-corrected chi connectivity index (χ4v) is 2.46. The smallest absolute Gasteiger partial charge is 0.265 e. The van der Waals surface area contributed by atoms with Crippen molar-refractivity contribution in [1.29, 1.82) is 0 Å². The summed E-state index contributed by atoms with van der Waals surface area (Å²) in [6.07, 6.45) is 3.88. The van der Waals surface area contributed by atoms with Gasteiger partial charge >= 0.3 is 0 Å². The topological polar surface area (TPSA) is 45.2 Å². The van der Waals surface area contributed by atoms with E-state index in [1.54, 1.807) is 11.7 Å². The van der Waals surface area contributed by atoms with Gasteiger partial charge in [0.05, 0.1) is 11.7 Å². The highest BCUT2D eigenvalue weighted by atomic mass is 32.1. The van der Waals surface area contributed by atoms with Crippen LogP contribution in [0.5, 0.6) is 0 Å². The minimum Gasteiger partial charge on any atom is -0.336 e. The summed E-state index contributed by atoms with van der Waals surface area (Å²) < 4.78 is 0. The molecular weight excluding hydrogens is 210 g/mol. The summed E-state index contributed by atoms with van der Waals surface area (Å²) in [5, 5.41) is 3.23. The maximum atomic E-state index is 12.0. The average Bonchev–Trinajstić information content (AvgIpc) is 2.81. The van der Waals surface area contributed by atoms with E-state index in [2.05, 4.69) is 10.3 Å². The summed E-state index contributed by atoms with van der Waals surface area (Å²) in [4.78, 5) is 18.6. The van der Waals surface area contributed by atoms with Gasteiger partial charge in [0.15, 0.2) is 0 Å². The van der Waals surface area contributed by atoms with Gasteiger partial charge in [0, 0.05) is 19.1 Å². The molecule has 5 heteroatoms. The fraction of sp³-hybridized carbons (Fsp3) is 0.600. The fourth-order valence-electron chi connectivity index (χ4n) is 1.87. The predicted octanol–water partition coefficient (Wildman–Crippen LogP) is 0.967. The Morgan fingerprint density at radius 3 is 3.27 bits per heavy atom. The number of rotatable bonds is 2. The Balaban J connectivity index is 2.01. The molecule has 0 aliphatic carbocycles. The van der Waals surface area contributed by atoms with Crippen LogP contribution in [0.15, 0.2) is 11.7 Å². The zero-order chi connectivity index (χ0) is 10.7. The number of carbonyl (C=O) groups excluding carboxylic acids is 1. The number of carbonyl (C=O) groups is 1. The molecule has 0 radical (unpaired) electrons. The molecule has 0 bridgehead atoms. The van der Waals surface area contributed by atoms with Gasteiger partial charge in [0.1, 0.15) is 4.88 Å². The molecule has 82 valence electrons. The zero-order valence-corrected chi connectivity index (χ0v) is 9.59. The summed E-state index contributed by atoms with van der Waals surface area (Å²) >= 11 is 1.41. The lowest BCUT2D eigenvalue weighted by Gasteiger charge is -2.32. The van der Waals surface area contributed by atoms with Gasteiger partial charge in [0.25, 0.3) is 5.91 Å². The number of hydrogen-bond acceptors (Lipinski definition) is 4. The lowest BCUT2D eigenvalue weighted by molar-refractivity contribution is 0.0703. The molecular formula is C10H15N3OS. The first-order chi connectivity index (χ1) is 7.31. The predicted molar refractivity (Wildman–Crippen MR) is 60.1 cm³/mol. The molecule has 1 N–H and O–H groups in total. The molecule has 4 nitrogen and oxygen atoms in total. The van der Waals surface area contributed by atoms with Gasteiger partial charge in [-0.05, 0) is 19.9 Å². The molecule has 2 heterocycles. The van der Waals surface area contributed by atoms with Crippen LogP contribution in [0.4, 0.5) is 0 Å². The molecule has 1 saturated heterocycles. The van der Waals surface area contributed by atoms with Crippen LogP contribution in [0.25, 0.3) is 0 Å². The number of nitrogens with zero attached hydrogens (tertiary/aromatic N) is 2. The molecule has 2 rings (SSSR count). The van der Waals surface area contributed by atoms with Gasteiger partial charge in [-0.1, -0.05) is 0 Å². The Labute approximate surface area is 93.3 Å². The Morgan fingerprint density at radius 1 is 1.73 bits per heavy atom. The lowest BCUT2D eigenvalue weighted by Crippen LogP contribution is -2.46. The highest BCUT2D eigenvalue weighted by Gasteiger charge is 2.23. The molecule has 1 amide bonds. The molecule has 1 aliphatic rings. The molecule has 15 heavy (non-hydrogen) atoms. The van der Waals surface area contributed by atoms with Crippen molar-refractivity contribution in [1.82, 2.24) is 15.2 Å². The van der Waals surface area contributed by atoms with Gasteiger partial charge in [-0.2, -0.15) is 0 Å². The van der Waals surface area contributed by atoms with Crippen molar-refractivity contribution in [2.24, 2.45) is 0 Å². The van der Waals surface area contributed by atoms with Crippen LogP contribution < -0.4 is 5.32 Å². The van der Waals surface area contributed by atoms with Crippen LogP contribution in [0.3, 0.4) is 0 Å². The van der Waals surface area contributed by atoms with Gasteiger partial charge in [-0.25, -0.2) is 0 Å². The van der Waals surface area contributed by atoms with E-state index in [4.69, 9.17) is 0 Å². The number of aromatic nitrogens is 1. The normalized spacial score (nSPS) is 21.7. The van der Waals surface area contributed by atoms with Crippen molar-refractivity contribution in [3.05, 3.63) is 16.6 Å². The van der Waals surface area contributed by atoms with Crippen molar-refractivity contribution >= 4 is 17.2 Å². The van der Waals surface area contributed by atoms with E-state index >= 15 is 0 Å². The van der Waals surface area contributed by atoms with Crippen LogP contribution in [0, 0.1) is 0 Å². The van der Waals surface area contributed by atoms with Crippen LogP contribution >= 0.6 is 11.3 Å². The van der Waals surface area contributed by atoms with Crippen molar-refractivity contribution in [3.8, 4) is 0 Å². The number of likely N-dealkylation sites (tertiary alicyclic amines) is 1. The van der Waals surface area contributed by atoms with E-state index in [1.807, 2.05) is 11.9 Å². The lowest BCUT2D eigenvalue weighted by atomic mass is 10.1. The van der Waals surface area contributed by atoms with E-state index in [1.165, 1.54) is 11.3 Å². The second-order valence-corrected chi connectivity index (χ2v) is 4.63. The number of piperidine rings is 1. The minimum absolute atomic E-state index is 0.123. The summed E-state index contributed by atoms with van der Waals surface area (Å²) in [6.45, 7) is 1.68. The summed E-state index contributed by atoms with van der Waals surface area (Å²) in [5.41, 5.74) is 1.70. The molecule has 1 aliphatic heterocycles. The van der Waals surface area contributed by atoms with E-state index < -0.39 is 0 Å². The Kier molecular flexibility index (Phi) is 3.33. The van der Waals surface area contributed by atoms with Crippen molar-refractivity contribution in [2.45, 2.75) is 18.9 Å². The van der Waals surface area contributed by atoms with E-state index in [0.29, 0.717) is 6.04 Å². The Hall–Kier alpha value is -0.940. The summed E-state index contributed by atoms with van der Waals surface area (Å²) in [7, 11) is 1.95. The minimum atomic E-state index is 0.123. The van der Waals surface area contributed by atoms with E-state index in [9.17, 15) is 4.79 Å². The van der Waals surface area contributed by atoms with Crippen LogP contribution in [0.1, 0.15) is 22.5 Å². The first-order valence-electron chi connectivity index (χ1n) is 5.16. The van der Waals surface area contributed by atoms with Gasteiger partial charge < -0.3 is 10.2 Å². The standard InChI is InChI=1S/C10H15N3OS/c1-11-8-3-2-4-13(6-8)10(14)9-5-12-7-15-9/h5,7-8,11H,2-4,6H2,1H3. The first-order valence-corrected chi connectivity index (χ1v) is 6.04. The zero-order valence-electron chi connectivity index (χ0n) is 8.77. The molecule has 1 aromatic heterocycles. The number of hydrogen-bond donors (Lipinski definition) is 1. The van der Waals surface area contributed by atoms with Gasteiger partial charge in [-0.15, -0.1) is 11.3 Å². The molecule has 0 spiro atoms. The summed E-state index contributed by atoms with van der Waals surface area (Å²) in [5.74, 6) is 0.123. The monoisotopic (exact) mass is 225 g/mol. The number of nitrogens with one attached hydrogen (secondary N) is 1. The van der Waals surface area contributed by atoms with Crippen LogP contribution in [-0.2, 0) is 0 Å². The average molecular weight is 225 g/mol. The molecule has 1 aromatic rings. The second-order valence-electron chi connectivity index (χ2n) is 3.74. The Morgan fingerprint density at radius 2 is 2.60 bits per heavy atom. The number of likely N-dealkylation sites (N-methyl/N-ethyl adjacent to an activating group) is 1. The third-order valence-corrected chi connectivity index (χ3v) is 3.52.